The Morgan fingerprint density at radius 1 is 1.67 bits per heavy atom. The van der Waals surface area contributed by atoms with Crippen LogP contribution in [-0.2, 0) is 9.59 Å². The summed E-state index contributed by atoms with van der Waals surface area (Å²) in [5.74, 6) is -1.37. The zero-order valence-corrected chi connectivity index (χ0v) is 7.41. The molecule has 0 aromatic heterocycles. The quantitative estimate of drug-likeness (QED) is 0.619. The molecule has 0 aromatic rings. The second-order valence-electron chi connectivity index (χ2n) is 2.25. The summed E-state index contributed by atoms with van der Waals surface area (Å²) in [6.45, 7) is 6.64. The van der Waals surface area contributed by atoms with Crippen molar-refractivity contribution in [2.45, 2.75) is 20.3 Å². The Kier molecular flexibility index (Phi) is 8.62. The van der Waals surface area contributed by atoms with Crippen molar-refractivity contribution in [1.82, 2.24) is 0 Å². The summed E-state index contributed by atoms with van der Waals surface area (Å²) in [5, 5.41) is 8.18. The first kappa shape index (κ1) is 13.3. The van der Waals surface area contributed by atoms with E-state index < -0.39 is 11.9 Å². The second-order valence-corrected chi connectivity index (χ2v) is 2.25. The van der Waals surface area contributed by atoms with Gasteiger partial charge >= 0.3 is 5.97 Å². The molecule has 0 saturated heterocycles. The standard InChI is InChI=1S/C5H10O2.C3H5NO/c1-3-4(2)5(6)7;1-2-3(4)5/h4H,3H2,1-2H3,(H,6,7);2H,1H2,(H2,4,5). The number of aliphatic carboxylic acids is 1. The molecule has 0 aromatic carbocycles. The fourth-order valence-corrected chi connectivity index (χ4v) is 0.175. The van der Waals surface area contributed by atoms with Gasteiger partial charge in [0.2, 0.25) is 5.91 Å². The SMILES string of the molecule is C=CC(N)=O.CCC(C)C(=O)O. The highest BCUT2D eigenvalue weighted by molar-refractivity contribution is 5.84. The van der Waals surface area contributed by atoms with E-state index in [0.29, 0.717) is 0 Å². The summed E-state index contributed by atoms with van der Waals surface area (Å²) in [4.78, 5) is 19.4. The number of carboxylic acid groups (broad SMARTS) is 1. The Bertz CT molecular complexity index is 166. The largest absolute Gasteiger partial charge is 0.481 e. The van der Waals surface area contributed by atoms with Crippen LogP contribution in [0.1, 0.15) is 20.3 Å². The third kappa shape index (κ3) is 11.5. The normalized spacial score (nSPS) is 10.5. The van der Waals surface area contributed by atoms with Crippen LogP contribution in [0, 0.1) is 5.92 Å². The molecule has 0 saturated carbocycles. The van der Waals surface area contributed by atoms with Crippen LogP contribution in [0.5, 0.6) is 0 Å². The van der Waals surface area contributed by atoms with Crippen LogP contribution < -0.4 is 5.73 Å². The van der Waals surface area contributed by atoms with Gasteiger partial charge in [0, 0.05) is 0 Å². The highest BCUT2D eigenvalue weighted by atomic mass is 16.4. The van der Waals surface area contributed by atoms with Crippen LogP contribution in [0.4, 0.5) is 0 Å². The number of rotatable bonds is 3. The van der Waals surface area contributed by atoms with Crippen LogP contribution in [0.25, 0.3) is 0 Å². The zero-order chi connectivity index (χ0) is 10.1. The minimum atomic E-state index is -0.706. The Morgan fingerprint density at radius 2 is 2.00 bits per heavy atom. The molecular formula is C8H15NO3. The van der Waals surface area contributed by atoms with E-state index in [1.165, 1.54) is 0 Å². The molecule has 0 heterocycles. The van der Waals surface area contributed by atoms with Crippen molar-refractivity contribution in [2.75, 3.05) is 0 Å². The maximum Gasteiger partial charge on any atom is 0.306 e. The number of carbonyl (C=O) groups is 2. The molecule has 4 nitrogen and oxygen atoms in total. The number of carbonyl (C=O) groups excluding carboxylic acids is 1. The summed E-state index contributed by atoms with van der Waals surface area (Å²) in [6, 6.07) is 0. The maximum absolute atomic E-state index is 9.93. The van der Waals surface area contributed by atoms with Gasteiger partial charge in [0.1, 0.15) is 0 Å². The van der Waals surface area contributed by atoms with E-state index in [1.807, 2.05) is 6.92 Å². The van der Waals surface area contributed by atoms with Gasteiger partial charge in [-0.05, 0) is 12.5 Å². The van der Waals surface area contributed by atoms with Crippen molar-refractivity contribution < 1.29 is 14.7 Å². The van der Waals surface area contributed by atoms with Crippen molar-refractivity contribution >= 4 is 11.9 Å². The molecule has 1 unspecified atom stereocenters. The summed E-state index contributed by atoms with van der Waals surface area (Å²) in [5.41, 5.74) is 4.53. The van der Waals surface area contributed by atoms with E-state index in [1.54, 1.807) is 6.92 Å². The first-order valence-electron chi connectivity index (χ1n) is 3.60. The number of hydrogen-bond acceptors (Lipinski definition) is 2. The molecule has 1 amide bonds. The van der Waals surface area contributed by atoms with Gasteiger partial charge in [-0.15, -0.1) is 0 Å². The van der Waals surface area contributed by atoms with Gasteiger partial charge in [-0.2, -0.15) is 0 Å². The lowest BCUT2D eigenvalue weighted by Crippen LogP contribution is -2.06. The molecule has 1 atom stereocenters. The van der Waals surface area contributed by atoms with Crippen molar-refractivity contribution in [3.05, 3.63) is 12.7 Å². The average molecular weight is 173 g/mol. The number of primary amides is 1. The molecule has 0 bridgehead atoms. The minimum Gasteiger partial charge on any atom is -0.481 e. The lowest BCUT2D eigenvalue weighted by atomic mass is 10.1. The fourth-order valence-electron chi connectivity index (χ4n) is 0.175. The minimum absolute atomic E-state index is 0.181. The highest BCUT2D eigenvalue weighted by Crippen LogP contribution is 1.97. The molecule has 0 aliphatic heterocycles. The third-order valence-electron chi connectivity index (χ3n) is 1.24. The van der Waals surface area contributed by atoms with Crippen molar-refractivity contribution in [3.8, 4) is 0 Å². The zero-order valence-electron chi connectivity index (χ0n) is 7.41. The molecule has 0 fully saturated rings. The Balaban J connectivity index is 0. The summed E-state index contributed by atoms with van der Waals surface area (Å²) >= 11 is 0. The van der Waals surface area contributed by atoms with Crippen molar-refractivity contribution in [2.24, 2.45) is 11.7 Å². The van der Waals surface area contributed by atoms with Crippen molar-refractivity contribution in [1.29, 1.82) is 0 Å². The monoisotopic (exact) mass is 173 g/mol. The van der Waals surface area contributed by atoms with Gasteiger partial charge < -0.3 is 10.8 Å². The van der Waals surface area contributed by atoms with E-state index >= 15 is 0 Å². The van der Waals surface area contributed by atoms with Gasteiger partial charge in [0.15, 0.2) is 0 Å². The first-order chi connectivity index (χ1) is 5.45. The molecule has 0 aliphatic carbocycles. The fraction of sp³-hybridized carbons (Fsp3) is 0.500. The number of hydrogen-bond donors (Lipinski definition) is 2. The number of carboxylic acids is 1. The van der Waals surface area contributed by atoms with E-state index in [9.17, 15) is 9.59 Å². The molecular weight excluding hydrogens is 158 g/mol. The molecule has 0 spiro atoms. The van der Waals surface area contributed by atoms with E-state index in [2.05, 4.69) is 12.3 Å². The molecule has 0 rings (SSSR count). The van der Waals surface area contributed by atoms with Gasteiger partial charge in [-0.1, -0.05) is 20.4 Å². The van der Waals surface area contributed by atoms with Gasteiger partial charge in [-0.3, -0.25) is 9.59 Å². The summed E-state index contributed by atoms with van der Waals surface area (Å²) in [7, 11) is 0. The van der Waals surface area contributed by atoms with Crippen LogP contribution in [0.2, 0.25) is 0 Å². The van der Waals surface area contributed by atoms with Crippen LogP contribution >= 0.6 is 0 Å². The molecule has 70 valence electrons. The maximum atomic E-state index is 9.93. The van der Waals surface area contributed by atoms with Gasteiger partial charge in [-0.25, -0.2) is 0 Å². The van der Waals surface area contributed by atoms with Crippen LogP contribution in [0.15, 0.2) is 12.7 Å². The highest BCUT2D eigenvalue weighted by Gasteiger charge is 2.05. The van der Waals surface area contributed by atoms with Gasteiger partial charge in [0.25, 0.3) is 0 Å². The first-order valence-corrected chi connectivity index (χ1v) is 3.60. The molecule has 0 radical (unpaired) electrons. The summed E-state index contributed by atoms with van der Waals surface area (Å²) in [6.07, 6.45) is 1.77. The van der Waals surface area contributed by atoms with E-state index in [0.717, 1.165) is 12.5 Å². The molecule has 12 heavy (non-hydrogen) atoms. The lowest BCUT2D eigenvalue weighted by Gasteiger charge is -1.96. The van der Waals surface area contributed by atoms with Crippen LogP contribution in [-0.4, -0.2) is 17.0 Å². The third-order valence-corrected chi connectivity index (χ3v) is 1.24. The topological polar surface area (TPSA) is 80.4 Å². The smallest absolute Gasteiger partial charge is 0.306 e. The Morgan fingerprint density at radius 3 is 2.00 bits per heavy atom. The number of amides is 1. The molecule has 3 N–H and O–H groups in total. The Labute approximate surface area is 72.1 Å². The Hall–Kier alpha value is -1.32. The van der Waals surface area contributed by atoms with Crippen molar-refractivity contribution in [3.63, 3.8) is 0 Å². The second kappa shape index (κ2) is 7.78. The van der Waals surface area contributed by atoms with Crippen LogP contribution in [0.3, 0.4) is 0 Å². The number of nitrogens with two attached hydrogens (primary N) is 1. The van der Waals surface area contributed by atoms with E-state index in [4.69, 9.17) is 5.11 Å². The molecule has 4 heteroatoms. The predicted molar refractivity (Wildman–Crippen MR) is 46.5 cm³/mol. The van der Waals surface area contributed by atoms with Gasteiger partial charge in [0.05, 0.1) is 5.92 Å². The van der Waals surface area contributed by atoms with E-state index in [-0.39, 0.29) is 5.92 Å². The average Bonchev–Trinajstić information content (AvgIpc) is 2.04. The lowest BCUT2D eigenvalue weighted by molar-refractivity contribution is -0.141. The summed E-state index contributed by atoms with van der Waals surface area (Å²) < 4.78 is 0. The predicted octanol–water partition coefficient (Wildman–Crippen LogP) is 0.775. The molecule has 0 aliphatic rings.